The summed E-state index contributed by atoms with van der Waals surface area (Å²) in [4.78, 5) is 10.3. The first kappa shape index (κ1) is 7.02. The van der Waals surface area contributed by atoms with Crippen LogP contribution in [0.25, 0.3) is 0 Å². The van der Waals surface area contributed by atoms with Crippen molar-refractivity contribution in [3.63, 3.8) is 0 Å². The van der Waals surface area contributed by atoms with Crippen molar-refractivity contribution in [3.05, 3.63) is 0 Å². The first-order valence-corrected chi connectivity index (χ1v) is 3.10. The van der Waals surface area contributed by atoms with Gasteiger partial charge in [0.15, 0.2) is 0 Å². The van der Waals surface area contributed by atoms with E-state index in [2.05, 4.69) is 0 Å². The lowest BCUT2D eigenvalue weighted by molar-refractivity contribution is -0.139. The van der Waals surface area contributed by atoms with E-state index in [0.29, 0.717) is 0 Å². The van der Waals surface area contributed by atoms with Crippen LogP contribution < -0.4 is 5.73 Å². The summed E-state index contributed by atoms with van der Waals surface area (Å²) in [6.07, 6.45) is -0.310. The van der Waals surface area contributed by atoms with Crippen LogP contribution in [0.1, 0.15) is 9.16 Å². The molecule has 0 bridgehead atoms. The van der Waals surface area contributed by atoms with E-state index in [1.54, 1.807) is 0 Å². The van der Waals surface area contributed by atoms with E-state index in [4.69, 9.17) is 23.8 Å². The molecule has 0 aliphatic heterocycles. The van der Waals surface area contributed by atoms with Gasteiger partial charge < -0.3 is 21.1 Å². The molecule has 0 rings (SSSR count). The maximum atomic E-state index is 10.3. The molecule has 0 aromatic rings. The van der Waals surface area contributed by atoms with Crippen molar-refractivity contribution in [2.24, 2.45) is 11.7 Å². The Morgan fingerprint density at radius 1 is 1.64 bits per heavy atom. The summed E-state index contributed by atoms with van der Waals surface area (Å²) in [6, 6.07) is -1.28. The summed E-state index contributed by atoms with van der Waals surface area (Å²) >= 11 is 0. The van der Waals surface area contributed by atoms with Gasteiger partial charge in [-0.15, -0.1) is 0 Å². The van der Waals surface area contributed by atoms with Gasteiger partial charge in [-0.3, -0.25) is 4.79 Å². The highest BCUT2D eigenvalue weighted by Gasteiger charge is 2.17. The van der Waals surface area contributed by atoms with Gasteiger partial charge >= 0.3 is 5.97 Å². The lowest BCUT2D eigenvalue weighted by Gasteiger charge is -2.12. The van der Waals surface area contributed by atoms with Gasteiger partial charge in [-0.2, -0.15) is 0 Å². The highest BCUT2D eigenvalue weighted by molar-refractivity contribution is 5.73. The molecule has 0 radical (unpaired) electrons. The summed E-state index contributed by atoms with van der Waals surface area (Å²) in [5, 5.41) is 25.9. The van der Waals surface area contributed by atoms with Crippen molar-refractivity contribution in [1.29, 1.82) is 0 Å². The Kier molecular flexibility index (Phi) is 3.23. The van der Waals surface area contributed by atoms with Gasteiger partial charge in [0, 0.05) is 19.1 Å². The zero-order chi connectivity index (χ0) is 10.6. The maximum absolute atomic E-state index is 10.3. The predicted molar refractivity (Wildman–Crippen MR) is 37.9 cm³/mol. The third-order valence-electron chi connectivity index (χ3n) is 1.26. The molecule has 0 saturated carbocycles. The van der Waals surface area contributed by atoms with Crippen LogP contribution in [0.5, 0.6) is 0 Å². The molecule has 5 nitrogen and oxygen atoms in total. The molecule has 0 fully saturated rings. The number of hydrogen-bond donors (Lipinski definition) is 4. The van der Waals surface area contributed by atoms with Crippen LogP contribution in [0.3, 0.4) is 0 Å². The molecule has 66 valence electrons. The lowest BCUT2D eigenvalue weighted by Crippen LogP contribution is -2.34. The number of aliphatic hydroxyl groups excluding tert-OH is 1. The minimum absolute atomic E-state index is 0.310. The zero-order valence-electron chi connectivity index (χ0n) is 7.90. The fraction of sp³-hybridized carbons (Fsp3) is 0.833. The van der Waals surface area contributed by atoms with E-state index < -0.39 is 31.1 Å². The Morgan fingerprint density at radius 2 is 2.18 bits per heavy atom. The minimum atomic E-state index is -2.61. The second-order valence-corrected chi connectivity index (χ2v) is 2.19. The Balaban J connectivity index is 4.22. The number of nitrogens with two attached hydrogens (primary N) is 1. The molecule has 5 N–H and O–H groups in total. The molecule has 0 heterocycles. The van der Waals surface area contributed by atoms with Gasteiger partial charge in [0.1, 0.15) is 6.04 Å². The molecule has 0 aliphatic rings. The number of aliphatic hydroxyl groups is 2. The Labute approximate surface area is 67.3 Å². The van der Waals surface area contributed by atoms with Gasteiger partial charge in [-0.05, 0) is 6.42 Å². The Morgan fingerprint density at radius 3 is 2.45 bits per heavy atom. The van der Waals surface area contributed by atoms with Gasteiger partial charge in [-0.25, -0.2) is 0 Å². The fourth-order valence-corrected chi connectivity index (χ4v) is 0.575. The average Bonchev–Trinajstić information content (AvgIpc) is 1.96. The van der Waals surface area contributed by atoms with Crippen LogP contribution in [0.15, 0.2) is 0 Å². The number of rotatable bonds is 5. The average molecular weight is 165 g/mol. The quantitative estimate of drug-likeness (QED) is 0.392. The van der Waals surface area contributed by atoms with Crippen molar-refractivity contribution < 1.29 is 22.9 Å². The standard InChI is InChI=1S/C6H13NO4/c7-5(6(10)11)1-4(2-8)3-9/h4-5,8-9H,1-3,7H2,(H,10,11)/t5-/m0/s1/i2D2/t4-,5-. The summed E-state index contributed by atoms with van der Waals surface area (Å²) in [5.41, 5.74) is 5.10. The van der Waals surface area contributed by atoms with Crippen LogP contribution in [-0.2, 0) is 4.79 Å². The number of aliphatic carboxylic acids is 1. The lowest BCUT2D eigenvalue weighted by atomic mass is 10.0. The van der Waals surface area contributed by atoms with Gasteiger partial charge in [0.25, 0.3) is 0 Å². The molecular weight excluding hydrogens is 150 g/mol. The van der Waals surface area contributed by atoms with Crippen molar-refractivity contribution in [2.75, 3.05) is 13.2 Å². The Bertz CT molecular complexity index is 182. The number of carboxylic acid groups (broad SMARTS) is 1. The number of carbonyl (C=O) groups is 1. The first-order valence-electron chi connectivity index (χ1n) is 4.10. The number of hydrogen-bond acceptors (Lipinski definition) is 4. The van der Waals surface area contributed by atoms with E-state index in [1.165, 1.54) is 0 Å². The molecule has 11 heavy (non-hydrogen) atoms. The van der Waals surface area contributed by atoms with E-state index in [-0.39, 0.29) is 6.42 Å². The molecule has 0 aliphatic carbocycles. The predicted octanol–water partition coefficient (Wildman–Crippen LogP) is -1.61. The third-order valence-corrected chi connectivity index (χ3v) is 1.26. The van der Waals surface area contributed by atoms with E-state index in [0.717, 1.165) is 0 Å². The SMILES string of the molecule is [2H]C([2H])(O)[C@@H](CO)C[C@H](N)C(=O)O. The van der Waals surface area contributed by atoms with Crippen molar-refractivity contribution >= 4 is 5.97 Å². The normalized spacial score (nSPS) is 19.9. The molecule has 0 aromatic heterocycles. The second kappa shape index (κ2) is 5.06. The molecule has 0 unspecified atom stereocenters. The molecule has 0 aromatic carbocycles. The van der Waals surface area contributed by atoms with Crippen molar-refractivity contribution in [2.45, 2.75) is 12.5 Å². The van der Waals surface area contributed by atoms with E-state index >= 15 is 0 Å². The van der Waals surface area contributed by atoms with Gasteiger partial charge in [0.05, 0.1) is 2.74 Å². The summed E-state index contributed by atoms with van der Waals surface area (Å²) < 4.78 is 13.7. The minimum Gasteiger partial charge on any atom is -0.480 e. The first-order chi connectivity index (χ1) is 5.79. The second-order valence-electron chi connectivity index (χ2n) is 2.19. The monoisotopic (exact) mass is 165 g/mol. The summed E-state index contributed by atoms with van der Waals surface area (Å²) in [5.74, 6) is -2.47. The molecule has 0 saturated heterocycles. The van der Waals surface area contributed by atoms with E-state index in [9.17, 15) is 4.79 Å². The summed E-state index contributed by atoms with van der Waals surface area (Å²) in [7, 11) is 0. The molecule has 5 heteroatoms. The highest BCUT2D eigenvalue weighted by atomic mass is 16.4. The topological polar surface area (TPSA) is 104 Å². The molecule has 0 amide bonds. The number of carboxylic acids is 1. The van der Waals surface area contributed by atoms with Crippen LogP contribution in [0, 0.1) is 5.92 Å². The smallest absolute Gasteiger partial charge is 0.320 e. The van der Waals surface area contributed by atoms with Crippen molar-refractivity contribution in [3.8, 4) is 0 Å². The zero-order valence-corrected chi connectivity index (χ0v) is 5.90. The van der Waals surface area contributed by atoms with Gasteiger partial charge in [0.2, 0.25) is 0 Å². The van der Waals surface area contributed by atoms with Crippen LogP contribution >= 0.6 is 0 Å². The van der Waals surface area contributed by atoms with Crippen LogP contribution in [0.4, 0.5) is 0 Å². The molecular formula is C6H13NO4. The maximum Gasteiger partial charge on any atom is 0.320 e. The summed E-state index contributed by atoms with van der Waals surface area (Å²) in [6.45, 7) is -3.26. The molecule has 2 atom stereocenters. The fourth-order valence-electron chi connectivity index (χ4n) is 0.575. The molecule has 0 spiro atoms. The van der Waals surface area contributed by atoms with Crippen LogP contribution in [0.2, 0.25) is 0 Å². The van der Waals surface area contributed by atoms with E-state index in [1.807, 2.05) is 0 Å². The Hall–Kier alpha value is -0.650. The third kappa shape index (κ3) is 3.92. The largest absolute Gasteiger partial charge is 0.480 e. The van der Waals surface area contributed by atoms with Gasteiger partial charge in [-0.1, -0.05) is 0 Å². The highest BCUT2D eigenvalue weighted by Crippen LogP contribution is 2.03. The van der Waals surface area contributed by atoms with Crippen LogP contribution in [-0.4, -0.2) is 40.5 Å². The van der Waals surface area contributed by atoms with Crippen molar-refractivity contribution in [1.82, 2.24) is 0 Å².